The third kappa shape index (κ3) is 2.78. The van der Waals surface area contributed by atoms with E-state index in [0.717, 1.165) is 9.74 Å². The summed E-state index contributed by atoms with van der Waals surface area (Å²) in [5, 5.41) is 0. The fourth-order valence-corrected chi connectivity index (χ4v) is 30.1. The summed E-state index contributed by atoms with van der Waals surface area (Å²) in [6, 6.07) is 14.6. The summed E-state index contributed by atoms with van der Waals surface area (Å²) >= 11 is -4.66. The molecule has 1 aliphatic carbocycles. The van der Waals surface area contributed by atoms with Crippen molar-refractivity contribution in [2.45, 2.75) is 26.4 Å². The topological polar surface area (TPSA) is 29.1 Å². The number of benzene rings is 2. The van der Waals surface area contributed by atoms with Crippen molar-refractivity contribution in [1.82, 2.24) is 3.30 Å². The second-order valence-electron chi connectivity index (χ2n) is 6.58. The van der Waals surface area contributed by atoms with Gasteiger partial charge in [-0.1, -0.05) is 0 Å². The van der Waals surface area contributed by atoms with Crippen LogP contribution in [0.4, 0.5) is 0 Å². The number of amides is 1. The summed E-state index contributed by atoms with van der Waals surface area (Å²) in [4.78, 5) is 11.9. The van der Waals surface area contributed by atoms with E-state index in [0.29, 0.717) is 0 Å². The Morgan fingerprint density at radius 2 is 1.74 bits per heavy atom. The minimum absolute atomic E-state index is 0.125. The van der Waals surface area contributed by atoms with Crippen molar-refractivity contribution >= 4 is 32.4 Å². The number of hydrogen-bond acceptors (Lipinski definition) is 1. The van der Waals surface area contributed by atoms with E-state index in [1.54, 1.807) is 0 Å². The minimum atomic E-state index is -4.66. The average molecular weight is 532 g/mol. The van der Waals surface area contributed by atoms with Crippen LogP contribution < -0.4 is 6.62 Å². The van der Waals surface area contributed by atoms with Crippen LogP contribution in [0.25, 0.3) is 11.1 Å². The third-order valence-corrected chi connectivity index (χ3v) is 66.8. The molecular weight excluding hydrogens is 512 g/mol. The third-order valence-electron chi connectivity index (χ3n) is 4.76. The summed E-state index contributed by atoms with van der Waals surface area (Å²) in [5.41, 5.74) is 4.98. The molecule has 0 bridgehead atoms. The van der Waals surface area contributed by atoms with Crippen molar-refractivity contribution in [3.8, 4) is 11.1 Å². The number of fused-ring (bicyclic) bond motifs is 3. The standard InChI is InChI=1S/C13H9.C2H5NO.C2H7Si.2ClH.Hf/c1-3-7-12-10(5-1)9-11-6-2-4-8-13(11)12;1-2(3)4;1-3-2;;;/h1-5,7-8H,9H2;1H3,(H2,3,4);3H,1-2H3;2*1H;/q;;;;;+3/p-3. The van der Waals surface area contributed by atoms with E-state index < -0.39 is 21.6 Å². The Kier molecular flexibility index (Phi) is 4.41. The maximum atomic E-state index is 11.9. The number of carbonyl (C=O) groups is 1. The van der Waals surface area contributed by atoms with Crippen molar-refractivity contribution < 1.29 is 20.4 Å². The molecule has 23 heavy (non-hydrogen) atoms. The van der Waals surface area contributed by atoms with Gasteiger partial charge in [-0.05, 0) is 0 Å². The van der Waals surface area contributed by atoms with Crippen LogP contribution in [0.2, 0.25) is 13.1 Å². The number of carbonyl (C=O) groups excluding carboxylic acids is 1. The van der Waals surface area contributed by atoms with Gasteiger partial charge in [-0.15, -0.1) is 0 Å². The Bertz CT molecular complexity index is 807. The fraction of sp³-hybridized carbons (Fsp3) is 0.235. The van der Waals surface area contributed by atoms with Crippen molar-refractivity contribution in [2.24, 2.45) is 0 Å². The second-order valence-corrected chi connectivity index (χ2v) is 61.8. The summed E-state index contributed by atoms with van der Waals surface area (Å²) in [5.74, 6) is -1.64. The Hall–Kier alpha value is -0.423. The van der Waals surface area contributed by atoms with E-state index in [4.69, 9.17) is 17.2 Å². The molecule has 2 aromatic carbocycles. The van der Waals surface area contributed by atoms with Gasteiger partial charge in [0.05, 0.1) is 0 Å². The predicted molar refractivity (Wildman–Crippen MR) is 98.7 cm³/mol. The van der Waals surface area contributed by atoms with Gasteiger partial charge in [0.15, 0.2) is 0 Å². The molecule has 0 unspecified atom stereocenters. The Labute approximate surface area is 146 Å². The molecule has 121 valence electrons. The van der Waals surface area contributed by atoms with Gasteiger partial charge in [-0.25, -0.2) is 0 Å². The second kappa shape index (κ2) is 5.83. The van der Waals surface area contributed by atoms with Crippen LogP contribution >= 0.6 is 17.2 Å². The van der Waals surface area contributed by atoms with E-state index in [9.17, 15) is 4.79 Å². The summed E-state index contributed by atoms with van der Waals surface area (Å²) in [7, 11) is 14.4. The fourth-order valence-electron chi connectivity index (χ4n) is 3.43. The zero-order valence-corrected chi connectivity index (χ0v) is 19.7. The average Bonchev–Trinajstić information content (AvgIpc) is 2.84. The van der Waals surface area contributed by atoms with Crippen molar-refractivity contribution in [3.05, 3.63) is 53.6 Å². The SMILES string of the molecule is CC(=O)[NH][Hf]([Cl])([Cl])([c]1cccc2c1Cc1ccccc1-2)[SiH](C)C. The Morgan fingerprint density at radius 3 is 2.39 bits per heavy atom. The van der Waals surface area contributed by atoms with Crippen LogP contribution in [0.15, 0.2) is 42.5 Å². The Morgan fingerprint density at radius 1 is 1.09 bits per heavy atom. The van der Waals surface area contributed by atoms with Crippen LogP contribution in [-0.2, 0) is 26.8 Å². The molecule has 1 N–H and O–H groups in total. The van der Waals surface area contributed by atoms with Crippen molar-refractivity contribution in [2.75, 3.05) is 0 Å². The molecule has 0 saturated carbocycles. The predicted octanol–water partition coefficient (Wildman–Crippen LogP) is 3.91. The molecule has 0 aromatic heterocycles. The molecule has 6 heteroatoms. The van der Waals surface area contributed by atoms with Crippen molar-refractivity contribution in [3.63, 3.8) is 0 Å². The van der Waals surface area contributed by atoms with Gasteiger partial charge in [0.25, 0.3) is 0 Å². The molecular formula is C17H20Cl2HfNOSi. The van der Waals surface area contributed by atoms with Crippen LogP contribution in [0.3, 0.4) is 0 Å². The monoisotopic (exact) mass is 532 g/mol. The zero-order chi connectivity index (χ0) is 16.9. The van der Waals surface area contributed by atoms with Gasteiger partial charge < -0.3 is 0 Å². The zero-order valence-electron chi connectivity index (χ0n) is 13.5. The maximum absolute atomic E-state index is 11.9. The molecule has 0 fully saturated rings. The van der Waals surface area contributed by atoms with Gasteiger partial charge in [0.2, 0.25) is 0 Å². The summed E-state index contributed by atoms with van der Waals surface area (Å²) in [6.07, 6.45) is 0.841. The number of halogens is 2. The molecule has 2 nitrogen and oxygen atoms in total. The first-order valence-electron chi connectivity index (χ1n) is 7.80. The molecule has 0 spiro atoms. The Balaban J connectivity index is 2.25. The van der Waals surface area contributed by atoms with E-state index in [-0.39, 0.29) is 5.91 Å². The van der Waals surface area contributed by atoms with Gasteiger partial charge >= 0.3 is 147 Å². The normalized spacial score (nSPS) is 14.8. The quantitative estimate of drug-likeness (QED) is 0.510. The van der Waals surface area contributed by atoms with Gasteiger partial charge in [0, 0.05) is 0 Å². The van der Waals surface area contributed by atoms with Gasteiger partial charge in [-0.3, -0.25) is 0 Å². The molecule has 0 radical (unpaired) electrons. The van der Waals surface area contributed by atoms with Crippen LogP contribution in [-0.4, -0.2) is 11.9 Å². The molecule has 0 aliphatic heterocycles. The van der Waals surface area contributed by atoms with Crippen LogP contribution in [0.5, 0.6) is 0 Å². The van der Waals surface area contributed by atoms with Crippen LogP contribution in [0, 0.1) is 0 Å². The van der Waals surface area contributed by atoms with Gasteiger partial charge in [0.1, 0.15) is 0 Å². The molecule has 0 heterocycles. The summed E-state index contributed by atoms with van der Waals surface area (Å²) < 4.78 is 4.12. The molecule has 1 amide bonds. The first-order valence-corrected chi connectivity index (χ1v) is 29.4. The van der Waals surface area contributed by atoms with E-state index >= 15 is 0 Å². The van der Waals surface area contributed by atoms with E-state index in [1.165, 1.54) is 29.2 Å². The molecule has 1 aliphatic rings. The van der Waals surface area contributed by atoms with Crippen LogP contribution in [0.1, 0.15) is 18.1 Å². The van der Waals surface area contributed by atoms with Crippen molar-refractivity contribution in [1.29, 1.82) is 0 Å². The molecule has 0 atom stereocenters. The first-order chi connectivity index (χ1) is 10.7. The molecule has 3 rings (SSSR count). The molecule has 2 aromatic rings. The van der Waals surface area contributed by atoms with Gasteiger partial charge in [-0.2, -0.15) is 0 Å². The molecule has 0 saturated heterocycles. The van der Waals surface area contributed by atoms with E-state index in [1.807, 2.05) is 12.1 Å². The summed E-state index contributed by atoms with van der Waals surface area (Å²) in [6.45, 7) is 5.80. The number of nitrogens with one attached hydrogen (secondary N) is 1. The number of rotatable bonds is 3. The number of hydrogen-bond donors (Lipinski definition) is 1. The van der Waals surface area contributed by atoms with E-state index in [2.05, 4.69) is 46.7 Å². The first kappa shape index (κ1) is 17.4.